The molecule has 0 amide bonds. The highest BCUT2D eigenvalue weighted by molar-refractivity contribution is 7.95. The maximum absolute atomic E-state index is 12.7. The quantitative estimate of drug-likeness (QED) is 0.508. The second-order valence-electron chi connectivity index (χ2n) is 6.62. The molecule has 0 N–H and O–H groups in total. The number of nitrogens with zero attached hydrogens (tertiary/aromatic N) is 1. The second kappa shape index (κ2) is 9.29. The first-order chi connectivity index (χ1) is 14.4. The summed E-state index contributed by atoms with van der Waals surface area (Å²) in [6.45, 7) is 2.39. The van der Waals surface area contributed by atoms with E-state index in [1.807, 2.05) is 31.2 Å². The molecule has 0 aliphatic heterocycles. The lowest BCUT2D eigenvalue weighted by atomic mass is 10.1. The largest absolute Gasteiger partial charge is 0.493 e. The van der Waals surface area contributed by atoms with Gasteiger partial charge in [0.15, 0.2) is 11.5 Å². The lowest BCUT2D eigenvalue weighted by molar-refractivity contribution is 0.284. The van der Waals surface area contributed by atoms with Crippen LogP contribution in [0.4, 0.5) is 0 Å². The Bertz CT molecular complexity index is 1190. The lowest BCUT2D eigenvalue weighted by Gasteiger charge is -2.12. The van der Waals surface area contributed by atoms with Gasteiger partial charge in [0.05, 0.1) is 12.0 Å². The van der Waals surface area contributed by atoms with Gasteiger partial charge in [-0.2, -0.15) is 5.26 Å². The average Bonchev–Trinajstić information content (AvgIpc) is 2.77. The average molecular weight is 420 g/mol. The number of sulfone groups is 1. The summed E-state index contributed by atoms with van der Waals surface area (Å²) >= 11 is 0. The lowest BCUT2D eigenvalue weighted by Crippen LogP contribution is -2.03. The monoisotopic (exact) mass is 419 g/mol. The number of ether oxygens (including phenoxy) is 2. The van der Waals surface area contributed by atoms with Crippen LogP contribution in [0, 0.1) is 18.3 Å². The molecule has 152 valence electrons. The van der Waals surface area contributed by atoms with Crippen LogP contribution in [0.2, 0.25) is 0 Å². The van der Waals surface area contributed by atoms with Crippen molar-refractivity contribution in [1.82, 2.24) is 0 Å². The molecule has 3 aromatic rings. The summed E-state index contributed by atoms with van der Waals surface area (Å²) in [5, 5.41) is 9.44. The van der Waals surface area contributed by atoms with Crippen molar-refractivity contribution < 1.29 is 17.9 Å². The van der Waals surface area contributed by atoms with Crippen molar-refractivity contribution >= 4 is 15.9 Å². The van der Waals surface area contributed by atoms with E-state index in [1.54, 1.807) is 42.5 Å². The first-order valence-corrected chi connectivity index (χ1v) is 10.7. The molecule has 0 spiro atoms. The number of benzene rings is 3. The zero-order valence-electron chi connectivity index (χ0n) is 16.7. The van der Waals surface area contributed by atoms with Gasteiger partial charge >= 0.3 is 0 Å². The molecule has 3 rings (SSSR count). The van der Waals surface area contributed by atoms with E-state index in [1.165, 1.54) is 30.9 Å². The van der Waals surface area contributed by atoms with E-state index in [9.17, 15) is 13.7 Å². The summed E-state index contributed by atoms with van der Waals surface area (Å²) in [5.74, 6) is 0.977. The molecule has 0 heterocycles. The molecule has 0 aromatic heterocycles. The van der Waals surface area contributed by atoms with Crippen LogP contribution in [0.15, 0.2) is 82.6 Å². The molecule has 0 fully saturated rings. The minimum atomic E-state index is -3.90. The second-order valence-corrected chi connectivity index (χ2v) is 8.54. The Labute approximate surface area is 176 Å². The molecule has 0 bridgehead atoms. The van der Waals surface area contributed by atoms with Crippen molar-refractivity contribution in [2.75, 3.05) is 7.11 Å². The maximum Gasteiger partial charge on any atom is 0.216 e. The molecule has 0 atom stereocenters. The fourth-order valence-corrected chi connectivity index (χ4v) is 3.97. The molecule has 3 aromatic carbocycles. The van der Waals surface area contributed by atoms with Gasteiger partial charge in [-0.25, -0.2) is 8.42 Å². The van der Waals surface area contributed by atoms with Gasteiger partial charge in [0.25, 0.3) is 0 Å². The van der Waals surface area contributed by atoms with Crippen LogP contribution >= 0.6 is 0 Å². The minimum absolute atomic E-state index is 0.0721. The third kappa shape index (κ3) is 4.88. The van der Waals surface area contributed by atoms with Crippen molar-refractivity contribution in [2.45, 2.75) is 18.4 Å². The van der Waals surface area contributed by atoms with Crippen LogP contribution in [0.5, 0.6) is 11.5 Å². The predicted molar refractivity (Wildman–Crippen MR) is 116 cm³/mol. The van der Waals surface area contributed by atoms with Crippen molar-refractivity contribution in [3.8, 4) is 17.6 Å². The van der Waals surface area contributed by atoms with Gasteiger partial charge in [0.1, 0.15) is 17.6 Å². The Morgan fingerprint density at radius 3 is 2.33 bits per heavy atom. The van der Waals surface area contributed by atoms with E-state index in [2.05, 4.69) is 0 Å². The van der Waals surface area contributed by atoms with Gasteiger partial charge in [-0.05, 0) is 48.4 Å². The number of allylic oxidation sites excluding steroid dienone is 1. The van der Waals surface area contributed by atoms with Crippen molar-refractivity contribution in [3.05, 3.63) is 94.4 Å². The van der Waals surface area contributed by atoms with Crippen LogP contribution in [-0.2, 0) is 16.4 Å². The van der Waals surface area contributed by atoms with Gasteiger partial charge < -0.3 is 9.47 Å². The zero-order valence-corrected chi connectivity index (χ0v) is 17.5. The number of hydrogen-bond acceptors (Lipinski definition) is 5. The molecule has 0 unspecified atom stereocenters. The van der Waals surface area contributed by atoms with E-state index in [0.29, 0.717) is 23.7 Å². The Balaban J connectivity index is 1.86. The Morgan fingerprint density at radius 2 is 1.70 bits per heavy atom. The van der Waals surface area contributed by atoms with Crippen LogP contribution in [0.1, 0.15) is 16.7 Å². The highest BCUT2D eigenvalue weighted by Gasteiger charge is 2.20. The molecule has 0 saturated carbocycles. The number of nitriles is 1. The van der Waals surface area contributed by atoms with Crippen LogP contribution in [0.25, 0.3) is 6.08 Å². The van der Waals surface area contributed by atoms with E-state index < -0.39 is 9.84 Å². The van der Waals surface area contributed by atoms with Crippen LogP contribution in [0.3, 0.4) is 0 Å². The molecule has 0 radical (unpaired) electrons. The molecule has 0 aliphatic rings. The highest BCUT2D eigenvalue weighted by atomic mass is 32.2. The molecule has 0 saturated heterocycles. The molecule has 5 nitrogen and oxygen atoms in total. The maximum atomic E-state index is 12.7. The third-order valence-corrected chi connectivity index (χ3v) is 6.13. The van der Waals surface area contributed by atoms with Gasteiger partial charge in [-0.3, -0.25) is 0 Å². The smallest absolute Gasteiger partial charge is 0.216 e. The topological polar surface area (TPSA) is 76.4 Å². The normalized spacial score (nSPS) is 11.6. The Morgan fingerprint density at radius 1 is 1.00 bits per heavy atom. The summed E-state index contributed by atoms with van der Waals surface area (Å²) in [4.78, 5) is -0.271. The number of hydrogen-bond donors (Lipinski definition) is 0. The molecule has 30 heavy (non-hydrogen) atoms. The van der Waals surface area contributed by atoms with Crippen LogP contribution < -0.4 is 9.47 Å². The van der Waals surface area contributed by atoms with Gasteiger partial charge in [0.2, 0.25) is 9.84 Å². The molecular formula is C24H21NO4S. The summed E-state index contributed by atoms with van der Waals surface area (Å²) < 4.78 is 36.7. The van der Waals surface area contributed by atoms with Gasteiger partial charge in [-0.15, -0.1) is 0 Å². The third-order valence-electron chi connectivity index (χ3n) is 4.45. The molecule has 0 aliphatic carbocycles. The SMILES string of the molecule is COc1cc(/C=C(/C#N)S(=O)(=O)c2ccccc2)ccc1OCc1ccc(C)cc1. The Hall–Kier alpha value is -3.56. The summed E-state index contributed by atoms with van der Waals surface area (Å²) in [5.41, 5.74) is 2.71. The highest BCUT2D eigenvalue weighted by Crippen LogP contribution is 2.30. The molecule has 6 heteroatoms. The first kappa shape index (κ1) is 21.2. The molecular weight excluding hydrogens is 398 g/mol. The minimum Gasteiger partial charge on any atom is -0.493 e. The number of aryl methyl sites for hydroxylation is 1. The van der Waals surface area contributed by atoms with E-state index in [0.717, 1.165) is 5.56 Å². The fraction of sp³-hybridized carbons (Fsp3) is 0.125. The van der Waals surface area contributed by atoms with Gasteiger partial charge in [0, 0.05) is 0 Å². The first-order valence-electron chi connectivity index (χ1n) is 9.22. The van der Waals surface area contributed by atoms with Crippen LogP contribution in [-0.4, -0.2) is 15.5 Å². The summed E-state index contributed by atoms with van der Waals surface area (Å²) in [6, 6.07) is 22.7. The summed E-state index contributed by atoms with van der Waals surface area (Å²) in [7, 11) is -2.39. The van der Waals surface area contributed by atoms with Crippen molar-refractivity contribution in [3.63, 3.8) is 0 Å². The Kier molecular flexibility index (Phi) is 6.55. The van der Waals surface area contributed by atoms with Crippen molar-refractivity contribution in [2.24, 2.45) is 0 Å². The predicted octanol–water partition coefficient (Wildman–Crippen LogP) is 4.92. The van der Waals surface area contributed by atoms with E-state index in [4.69, 9.17) is 9.47 Å². The standard InChI is InChI=1S/C24H21NO4S/c1-18-8-10-19(11-9-18)17-29-23-13-12-20(15-24(23)28-2)14-22(16-25)30(26,27)21-6-4-3-5-7-21/h3-15H,17H2,1-2H3/b22-14-. The van der Waals surface area contributed by atoms with Gasteiger partial charge in [-0.1, -0.05) is 54.1 Å². The zero-order chi connectivity index (χ0) is 21.6. The number of methoxy groups -OCH3 is 1. The number of rotatable bonds is 7. The van der Waals surface area contributed by atoms with Crippen molar-refractivity contribution in [1.29, 1.82) is 5.26 Å². The summed E-state index contributed by atoms with van der Waals surface area (Å²) in [6.07, 6.45) is 1.33. The van der Waals surface area contributed by atoms with E-state index in [-0.39, 0.29) is 9.80 Å². The van der Waals surface area contributed by atoms with E-state index >= 15 is 0 Å². The fourth-order valence-electron chi connectivity index (χ4n) is 2.79.